The molecule has 0 spiro atoms. The second kappa shape index (κ2) is 10.2. The van der Waals surface area contributed by atoms with Crippen LogP contribution in [0.15, 0.2) is 48.8 Å². The Hall–Kier alpha value is -1.83. The Kier molecular flexibility index (Phi) is 7.83. The number of fused-ring (bicyclic) bond motifs is 1. The Labute approximate surface area is 211 Å². The SMILES string of the molecule is O=C([O-])c1cncc2c1CCN2Cc1cc(Cl)ccc1OCc1ccc(Cl)cc1F.[Na+]. The number of halogens is 3. The van der Waals surface area contributed by atoms with Crippen LogP contribution in [0.3, 0.4) is 0 Å². The zero-order valence-corrected chi connectivity index (χ0v) is 20.2. The van der Waals surface area contributed by atoms with Gasteiger partial charge in [0.1, 0.15) is 18.2 Å². The fraction of sp³-hybridized carbons (Fsp3) is 0.182. The summed E-state index contributed by atoms with van der Waals surface area (Å²) in [6, 6.07) is 9.64. The molecule has 0 N–H and O–H groups in total. The van der Waals surface area contributed by atoms with E-state index in [4.69, 9.17) is 27.9 Å². The third-order valence-electron chi connectivity index (χ3n) is 5.01. The number of aromatic nitrogens is 1. The first kappa shape index (κ1) is 23.8. The van der Waals surface area contributed by atoms with E-state index in [1.54, 1.807) is 36.5 Å². The fourth-order valence-corrected chi connectivity index (χ4v) is 3.88. The third-order valence-corrected chi connectivity index (χ3v) is 5.48. The number of nitrogens with zero attached hydrogens (tertiary/aromatic N) is 2. The van der Waals surface area contributed by atoms with Crippen LogP contribution < -0.4 is 44.3 Å². The second-order valence-corrected chi connectivity index (χ2v) is 7.79. The van der Waals surface area contributed by atoms with Crippen LogP contribution in [0, 0.1) is 5.82 Å². The van der Waals surface area contributed by atoms with Gasteiger partial charge in [-0.25, -0.2) is 4.39 Å². The van der Waals surface area contributed by atoms with Gasteiger partial charge in [-0.1, -0.05) is 29.3 Å². The van der Waals surface area contributed by atoms with Gasteiger partial charge in [0.2, 0.25) is 0 Å². The van der Waals surface area contributed by atoms with Crippen molar-refractivity contribution in [1.82, 2.24) is 4.98 Å². The molecule has 31 heavy (non-hydrogen) atoms. The molecule has 0 saturated heterocycles. The van der Waals surface area contributed by atoms with Gasteiger partial charge in [0, 0.05) is 46.0 Å². The summed E-state index contributed by atoms with van der Waals surface area (Å²) in [7, 11) is 0. The van der Waals surface area contributed by atoms with Gasteiger partial charge in [-0.3, -0.25) is 4.98 Å². The molecule has 0 aliphatic carbocycles. The van der Waals surface area contributed by atoms with Crippen molar-refractivity contribution in [2.45, 2.75) is 19.6 Å². The normalized spacial score (nSPS) is 12.3. The van der Waals surface area contributed by atoms with Gasteiger partial charge in [0.25, 0.3) is 0 Å². The maximum Gasteiger partial charge on any atom is 1.00 e. The number of pyridine rings is 1. The van der Waals surface area contributed by atoms with E-state index < -0.39 is 11.8 Å². The Morgan fingerprint density at radius 2 is 1.87 bits per heavy atom. The first-order chi connectivity index (χ1) is 14.4. The van der Waals surface area contributed by atoms with Crippen LogP contribution in [0.2, 0.25) is 10.0 Å². The predicted octanol–water partition coefficient (Wildman–Crippen LogP) is 1.04. The van der Waals surface area contributed by atoms with Crippen LogP contribution in [-0.2, 0) is 19.6 Å². The molecule has 1 aromatic heterocycles. The van der Waals surface area contributed by atoms with Crippen molar-refractivity contribution in [2.24, 2.45) is 0 Å². The molecule has 0 saturated carbocycles. The van der Waals surface area contributed by atoms with Gasteiger partial charge in [-0.05, 0) is 42.3 Å². The fourth-order valence-electron chi connectivity index (χ4n) is 3.53. The van der Waals surface area contributed by atoms with Crippen LogP contribution in [0.1, 0.15) is 27.0 Å². The molecular formula is C22H16Cl2FN2NaO3. The van der Waals surface area contributed by atoms with E-state index in [9.17, 15) is 14.3 Å². The molecule has 4 rings (SSSR count). The zero-order chi connectivity index (χ0) is 21.3. The van der Waals surface area contributed by atoms with E-state index in [0.717, 1.165) is 11.3 Å². The number of benzene rings is 2. The number of hydrogen-bond acceptors (Lipinski definition) is 5. The van der Waals surface area contributed by atoms with Crippen molar-refractivity contribution in [1.29, 1.82) is 0 Å². The number of anilines is 1. The summed E-state index contributed by atoms with van der Waals surface area (Å²) in [4.78, 5) is 17.4. The molecule has 0 amide bonds. The molecule has 1 aliphatic rings. The third kappa shape index (κ3) is 5.33. The summed E-state index contributed by atoms with van der Waals surface area (Å²) in [5, 5.41) is 12.2. The van der Waals surface area contributed by atoms with Crippen LogP contribution in [0.4, 0.5) is 10.1 Å². The van der Waals surface area contributed by atoms with Crippen molar-refractivity contribution in [3.63, 3.8) is 0 Å². The minimum Gasteiger partial charge on any atom is -0.545 e. The van der Waals surface area contributed by atoms with Gasteiger partial charge < -0.3 is 19.5 Å². The Morgan fingerprint density at radius 1 is 1.13 bits per heavy atom. The van der Waals surface area contributed by atoms with E-state index >= 15 is 0 Å². The van der Waals surface area contributed by atoms with E-state index in [1.807, 2.05) is 4.90 Å². The van der Waals surface area contributed by atoms with E-state index in [2.05, 4.69) is 4.98 Å². The second-order valence-electron chi connectivity index (χ2n) is 6.92. The molecule has 0 bridgehead atoms. The van der Waals surface area contributed by atoms with Crippen molar-refractivity contribution in [2.75, 3.05) is 11.4 Å². The number of carboxylic acids is 1. The van der Waals surface area contributed by atoms with Crippen LogP contribution >= 0.6 is 23.2 Å². The number of carbonyl (C=O) groups is 1. The molecule has 0 fully saturated rings. The molecule has 1 aliphatic heterocycles. The van der Waals surface area contributed by atoms with Gasteiger partial charge >= 0.3 is 29.6 Å². The van der Waals surface area contributed by atoms with E-state index in [0.29, 0.717) is 46.4 Å². The maximum absolute atomic E-state index is 14.1. The molecule has 5 nitrogen and oxygen atoms in total. The Morgan fingerprint density at radius 3 is 2.61 bits per heavy atom. The average Bonchev–Trinajstić information content (AvgIpc) is 3.11. The molecule has 154 valence electrons. The van der Waals surface area contributed by atoms with Crippen molar-refractivity contribution in [3.05, 3.63) is 86.9 Å². The van der Waals surface area contributed by atoms with Crippen molar-refractivity contribution in [3.8, 4) is 5.75 Å². The quantitative estimate of drug-likeness (QED) is 0.505. The number of carboxylic acid groups (broad SMARTS) is 1. The molecule has 2 aromatic carbocycles. The molecule has 3 aromatic rings. The van der Waals surface area contributed by atoms with Crippen molar-refractivity contribution < 1.29 is 48.6 Å². The smallest absolute Gasteiger partial charge is 0.545 e. The first-order valence-electron chi connectivity index (χ1n) is 9.20. The van der Waals surface area contributed by atoms with Gasteiger partial charge in [-0.2, -0.15) is 0 Å². The van der Waals surface area contributed by atoms with E-state index in [1.165, 1.54) is 12.3 Å². The summed E-state index contributed by atoms with van der Waals surface area (Å²) in [5.74, 6) is -1.11. The minimum absolute atomic E-state index is 0. The van der Waals surface area contributed by atoms with E-state index in [-0.39, 0.29) is 41.7 Å². The topological polar surface area (TPSA) is 65.5 Å². The summed E-state index contributed by atoms with van der Waals surface area (Å²) in [5.41, 5.74) is 2.73. The Bertz CT molecular complexity index is 1130. The van der Waals surface area contributed by atoms with Crippen LogP contribution in [-0.4, -0.2) is 17.5 Å². The number of rotatable bonds is 6. The average molecular weight is 469 g/mol. The zero-order valence-electron chi connectivity index (χ0n) is 16.7. The first-order valence-corrected chi connectivity index (χ1v) is 9.96. The molecule has 2 heterocycles. The van der Waals surface area contributed by atoms with Gasteiger partial charge in [0.05, 0.1) is 17.9 Å². The van der Waals surface area contributed by atoms with Crippen LogP contribution in [0.25, 0.3) is 0 Å². The van der Waals surface area contributed by atoms with Crippen molar-refractivity contribution >= 4 is 34.9 Å². The number of aromatic carboxylic acids is 1. The monoisotopic (exact) mass is 468 g/mol. The minimum atomic E-state index is -1.24. The van der Waals surface area contributed by atoms with Gasteiger partial charge in [0.15, 0.2) is 0 Å². The molecule has 0 unspecified atom stereocenters. The summed E-state index contributed by atoms with van der Waals surface area (Å²) in [6.45, 7) is 1.09. The maximum atomic E-state index is 14.1. The molecule has 0 atom stereocenters. The standard InChI is InChI=1S/C22H17Cl2FN2O3.Na/c23-15-3-4-21(30-12-13-1-2-16(24)8-19(13)25)14(7-15)11-27-6-5-17-18(22(28)29)9-26-10-20(17)27;/h1-4,7-10H,5-6,11-12H2,(H,28,29);/q;+1/p-1. The molecule has 9 heteroatoms. The summed E-state index contributed by atoms with van der Waals surface area (Å²) < 4.78 is 19.9. The number of carbonyl (C=O) groups excluding carboxylic acids is 1. The Balaban J connectivity index is 0.00000272. The molecule has 0 radical (unpaired) electrons. The summed E-state index contributed by atoms with van der Waals surface area (Å²) in [6.07, 6.45) is 3.53. The predicted molar refractivity (Wildman–Crippen MR) is 111 cm³/mol. The largest absolute Gasteiger partial charge is 1.00 e. The number of ether oxygens (including phenoxy) is 1. The number of hydrogen-bond donors (Lipinski definition) is 0. The van der Waals surface area contributed by atoms with Gasteiger partial charge in [-0.15, -0.1) is 0 Å². The summed E-state index contributed by atoms with van der Waals surface area (Å²) >= 11 is 12.0. The van der Waals surface area contributed by atoms with Crippen LogP contribution in [0.5, 0.6) is 5.75 Å². The molecular weight excluding hydrogens is 453 g/mol.